The highest BCUT2D eigenvalue weighted by atomic mass is 35.5. The zero-order valence-corrected chi connectivity index (χ0v) is 23.8. The Morgan fingerprint density at radius 2 is 1.98 bits per heavy atom. The van der Waals surface area contributed by atoms with Crippen LogP contribution in [0.3, 0.4) is 0 Å². The van der Waals surface area contributed by atoms with Crippen molar-refractivity contribution < 1.29 is 18.7 Å². The maximum atomic E-state index is 14.6. The van der Waals surface area contributed by atoms with Crippen LogP contribution in [0.15, 0.2) is 73.1 Å². The Hall–Kier alpha value is -4.45. The van der Waals surface area contributed by atoms with Gasteiger partial charge in [0.05, 0.1) is 10.6 Å². The predicted molar refractivity (Wildman–Crippen MR) is 158 cm³/mol. The number of carbonyl (C=O) groups is 1. The van der Waals surface area contributed by atoms with Crippen LogP contribution in [0.2, 0.25) is 5.02 Å². The SMILES string of the molecule is C[C@@H](CC(N)=O)NCc1cc(Cl)c(O[C@H]2CCc3c(-c4ccccc4F)cccc32)cc1OCc1cncc(C#N)c1. The highest BCUT2D eigenvalue weighted by Gasteiger charge is 2.28. The van der Waals surface area contributed by atoms with Crippen molar-refractivity contribution >= 4 is 17.5 Å². The number of halogens is 2. The topological polar surface area (TPSA) is 110 Å². The van der Waals surface area contributed by atoms with E-state index in [1.165, 1.54) is 12.3 Å². The summed E-state index contributed by atoms with van der Waals surface area (Å²) in [6.07, 6.45) is 4.51. The minimum atomic E-state index is -0.395. The van der Waals surface area contributed by atoms with Gasteiger partial charge in [0.15, 0.2) is 0 Å². The second kappa shape index (κ2) is 13.0. The van der Waals surface area contributed by atoms with Crippen molar-refractivity contribution in [2.75, 3.05) is 0 Å². The molecule has 0 radical (unpaired) electrons. The van der Waals surface area contributed by atoms with Crippen LogP contribution in [0, 0.1) is 17.1 Å². The number of benzene rings is 3. The minimum Gasteiger partial charge on any atom is -0.488 e. The van der Waals surface area contributed by atoms with Crippen LogP contribution in [0.25, 0.3) is 11.1 Å². The van der Waals surface area contributed by atoms with Gasteiger partial charge in [-0.15, -0.1) is 0 Å². The number of primary amides is 1. The molecular weight excluding hydrogens is 555 g/mol. The maximum absolute atomic E-state index is 14.6. The van der Waals surface area contributed by atoms with E-state index in [9.17, 15) is 14.4 Å². The molecule has 4 aromatic rings. The third-order valence-electron chi connectivity index (χ3n) is 7.23. The van der Waals surface area contributed by atoms with Crippen LogP contribution in [-0.4, -0.2) is 16.9 Å². The molecule has 1 aliphatic rings. The summed E-state index contributed by atoms with van der Waals surface area (Å²) in [4.78, 5) is 15.4. The summed E-state index contributed by atoms with van der Waals surface area (Å²) in [6, 6.07) is 19.8. The molecule has 1 heterocycles. The Morgan fingerprint density at radius 3 is 2.76 bits per heavy atom. The number of amides is 1. The molecule has 2 atom stereocenters. The zero-order valence-electron chi connectivity index (χ0n) is 23.1. The standard InChI is InChI=1S/C33H30ClFN4O3/c1-20(11-33(37)40)39-18-23-13-28(34)32(14-31(23)41-19-22-12-21(15-36)16-38-17-22)42-30-10-9-25-24(6-4-7-27(25)30)26-5-2-3-8-29(26)35/h2-8,12-14,16-17,20,30,39H,9-11,18-19H2,1H3,(H2,37,40)/t20-,30-/m0/s1. The van der Waals surface area contributed by atoms with Gasteiger partial charge in [0.25, 0.3) is 0 Å². The summed E-state index contributed by atoms with van der Waals surface area (Å²) in [5.41, 5.74) is 10.8. The van der Waals surface area contributed by atoms with Crippen LogP contribution in [-0.2, 0) is 24.4 Å². The lowest BCUT2D eigenvalue weighted by Gasteiger charge is -2.20. The van der Waals surface area contributed by atoms with Crippen molar-refractivity contribution in [2.24, 2.45) is 5.73 Å². The molecule has 0 spiro atoms. The normalized spacial score (nSPS) is 14.6. The molecule has 42 heavy (non-hydrogen) atoms. The zero-order chi connectivity index (χ0) is 29.6. The molecule has 0 saturated heterocycles. The summed E-state index contributed by atoms with van der Waals surface area (Å²) in [7, 11) is 0. The fourth-order valence-corrected chi connectivity index (χ4v) is 5.44. The highest BCUT2D eigenvalue weighted by molar-refractivity contribution is 6.32. The molecular formula is C33H30ClFN4O3. The van der Waals surface area contributed by atoms with E-state index in [2.05, 4.69) is 16.4 Å². The van der Waals surface area contributed by atoms with E-state index >= 15 is 0 Å². The van der Waals surface area contributed by atoms with Gasteiger partial charge in [-0.25, -0.2) is 4.39 Å². The van der Waals surface area contributed by atoms with Crippen LogP contribution in [0.4, 0.5) is 4.39 Å². The lowest BCUT2D eigenvalue weighted by molar-refractivity contribution is -0.118. The molecule has 0 saturated carbocycles. The molecule has 1 aromatic heterocycles. The summed E-state index contributed by atoms with van der Waals surface area (Å²) < 4.78 is 27.3. The van der Waals surface area contributed by atoms with Gasteiger partial charge in [0.2, 0.25) is 5.91 Å². The molecule has 214 valence electrons. The number of hydrogen-bond acceptors (Lipinski definition) is 6. The van der Waals surface area contributed by atoms with Gasteiger partial charge in [0, 0.05) is 54.2 Å². The van der Waals surface area contributed by atoms with Gasteiger partial charge in [-0.3, -0.25) is 9.78 Å². The van der Waals surface area contributed by atoms with Gasteiger partial charge in [-0.1, -0.05) is 48.0 Å². The number of aromatic nitrogens is 1. The summed E-state index contributed by atoms with van der Waals surface area (Å²) in [6.45, 7) is 2.42. The molecule has 7 nitrogen and oxygen atoms in total. The second-order valence-corrected chi connectivity index (χ2v) is 10.7. The molecule has 1 aliphatic carbocycles. The molecule has 3 aromatic carbocycles. The Bertz CT molecular complexity index is 1660. The predicted octanol–water partition coefficient (Wildman–Crippen LogP) is 6.41. The Balaban J connectivity index is 1.41. The fourth-order valence-electron chi connectivity index (χ4n) is 5.21. The molecule has 0 bridgehead atoms. The largest absolute Gasteiger partial charge is 0.488 e. The fraction of sp³-hybridized carbons (Fsp3) is 0.242. The number of nitrogens with zero attached hydrogens (tertiary/aromatic N) is 2. The highest BCUT2D eigenvalue weighted by Crippen LogP contribution is 2.43. The molecule has 0 fully saturated rings. The number of nitrogens with one attached hydrogen (secondary N) is 1. The third kappa shape index (κ3) is 6.71. The van der Waals surface area contributed by atoms with E-state index in [0.717, 1.165) is 34.2 Å². The van der Waals surface area contributed by atoms with E-state index in [-0.39, 0.29) is 31.0 Å². The number of carbonyl (C=O) groups excluding carboxylic acids is 1. The number of nitrogens with two attached hydrogens (primary N) is 1. The first kappa shape index (κ1) is 29.1. The van der Waals surface area contributed by atoms with Crippen molar-refractivity contribution in [2.45, 2.75) is 51.5 Å². The van der Waals surface area contributed by atoms with E-state index < -0.39 is 5.91 Å². The van der Waals surface area contributed by atoms with Crippen LogP contribution in [0.1, 0.15) is 53.7 Å². The Kier molecular flexibility index (Phi) is 9.01. The third-order valence-corrected chi connectivity index (χ3v) is 7.53. The van der Waals surface area contributed by atoms with Crippen LogP contribution in [0.5, 0.6) is 11.5 Å². The molecule has 3 N–H and O–H groups in total. The smallest absolute Gasteiger partial charge is 0.218 e. The Morgan fingerprint density at radius 1 is 1.17 bits per heavy atom. The lowest BCUT2D eigenvalue weighted by atomic mass is 9.96. The van der Waals surface area contributed by atoms with E-state index in [1.54, 1.807) is 36.5 Å². The average molecular weight is 585 g/mol. The Labute approximate surface area is 249 Å². The number of pyridine rings is 1. The second-order valence-electron chi connectivity index (χ2n) is 10.3. The van der Waals surface area contributed by atoms with Gasteiger partial charge in [-0.05, 0) is 54.7 Å². The van der Waals surface area contributed by atoms with Crippen molar-refractivity contribution in [1.82, 2.24) is 10.3 Å². The molecule has 0 aliphatic heterocycles. The number of ether oxygens (including phenoxy) is 2. The van der Waals surface area contributed by atoms with Crippen molar-refractivity contribution in [1.29, 1.82) is 5.26 Å². The number of fused-ring (bicyclic) bond motifs is 1. The molecule has 9 heteroatoms. The maximum Gasteiger partial charge on any atom is 0.218 e. The van der Waals surface area contributed by atoms with E-state index in [0.29, 0.717) is 40.6 Å². The first-order valence-electron chi connectivity index (χ1n) is 13.7. The summed E-state index contributed by atoms with van der Waals surface area (Å²) in [5.74, 6) is 0.339. The lowest BCUT2D eigenvalue weighted by Crippen LogP contribution is -2.30. The van der Waals surface area contributed by atoms with Crippen LogP contribution < -0.4 is 20.5 Å². The summed E-state index contributed by atoms with van der Waals surface area (Å²) in [5, 5.41) is 12.9. The van der Waals surface area contributed by atoms with Gasteiger partial charge < -0.3 is 20.5 Å². The molecule has 1 amide bonds. The minimum absolute atomic E-state index is 0.153. The quantitative estimate of drug-likeness (QED) is 0.211. The first-order chi connectivity index (χ1) is 20.3. The first-order valence-corrected chi connectivity index (χ1v) is 14.0. The number of hydrogen-bond donors (Lipinski definition) is 2. The van der Waals surface area contributed by atoms with Gasteiger partial charge >= 0.3 is 0 Å². The monoisotopic (exact) mass is 584 g/mol. The van der Waals surface area contributed by atoms with Gasteiger partial charge in [-0.2, -0.15) is 5.26 Å². The average Bonchev–Trinajstić information content (AvgIpc) is 3.39. The van der Waals surface area contributed by atoms with E-state index in [1.807, 2.05) is 31.2 Å². The van der Waals surface area contributed by atoms with E-state index in [4.69, 9.17) is 26.8 Å². The molecule has 0 unspecified atom stereocenters. The van der Waals surface area contributed by atoms with Gasteiger partial charge in [0.1, 0.15) is 36.1 Å². The number of nitriles is 1. The number of rotatable bonds is 11. The summed E-state index contributed by atoms with van der Waals surface area (Å²) >= 11 is 6.73. The van der Waals surface area contributed by atoms with Crippen LogP contribution >= 0.6 is 11.6 Å². The van der Waals surface area contributed by atoms with Crippen molar-refractivity contribution in [3.05, 3.63) is 112 Å². The van der Waals surface area contributed by atoms with Crippen molar-refractivity contribution in [3.63, 3.8) is 0 Å². The van der Waals surface area contributed by atoms with Crippen molar-refractivity contribution in [3.8, 4) is 28.7 Å². The molecule has 5 rings (SSSR count).